The Bertz CT molecular complexity index is 454. The molecule has 1 rings (SSSR count). The first-order valence-electron chi connectivity index (χ1n) is 9.48. The summed E-state index contributed by atoms with van der Waals surface area (Å²) in [6.45, 7) is 4.88. The second-order valence-corrected chi connectivity index (χ2v) is 10.5. The molecule has 0 atom stereocenters. The molecule has 0 nitrogen and oxygen atoms in total. The molecule has 0 N–H and O–H groups in total. The zero-order chi connectivity index (χ0) is 18.1. The van der Waals surface area contributed by atoms with Crippen LogP contribution in [0.4, 0.5) is 12.6 Å². The van der Waals surface area contributed by atoms with Crippen LogP contribution < -0.4 is 0 Å². The fraction of sp³-hybridized carbons (Fsp3) is 0.700. The van der Waals surface area contributed by atoms with Crippen LogP contribution in [-0.4, -0.2) is 12.8 Å². The van der Waals surface area contributed by atoms with Crippen LogP contribution in [0.3, 0.4) is 0 Å². The van der Waals surface area contributed by atoms with Crippen molar-refractivity contribution in [2.75, 3.05) is 12.8 Å². The number of halogens is 3. The Labute approximate surface area is 146 Å². The van der Waals surface area contributed by atoms with Gasteiger partial charge >= 0.3 is 146 Å². The van der Waals surface area contributed by atoms with Gasteiger partial charge in [-0.25, -0.2) is 0 Å². The Morgan fingerprint density at radius 3 is 1.38 bits per heavy atom. The molecular formula is C20H34F3P. The summed E-state index contributed by atoms with van der Waals surface area (Å²) < 4.78 is 39.4. The zero-order valence-electron chi connectivity index (χ0n) is 15.6. The minimum atomic E-state index is -5.85. The van der Waals surface area contributed by atoms with Gasteiger partial charge in [-0.15, -0.1) is 0 Å². The van der Waals surface area contributed by atoms with Crippen LogP contribution in [0.2, 0.25) is 0 Å². The van der Waals surface area contributed by atoms with Crippen LogP contribution in [0.5, 0.6) is 0 Å². The van der Waals surface area contributed by atoms with Crippen molar-refractivity contribution in [3.05, 3.63) is 34.9 Å². The predicted octanol–water partition coefficient (Wildman–Crippen LogP) is 7.92. The zero-order valence-corrected chi connectivity index (χ0v) is 16.5. The average molecular weight is 362 g/mol. The molecule has 0 amide bonds. The summed E-state index contributed by atoms with van der Waals surface area (Å²) in [7, 11) is -5.85. The fourth-order valence-electron chi connectivity index (χ4n) is 3.05. The van der Waals surface area contributed by atoms with E-state index in [1.54, 1.807) is 0 Å². The molecule has 0 heterocycles. The number of aryl methyl sites for hydroxylation is 3. The van der Waals surface area contributed by atoms with Crippen molar-refractivity contribution in [1.29, 1.82) is 0 Å². The van der Waals surface area contributed by atoms with Gasteiger partial charge in [-0.2, -0.15) is 0 Å². The first kappa shape index (κ1) is 21.5. The van der Waals surface area contributed by atoms with E-state index in [0.29, 0.717) is 13.1 Å². The first-order chi connectivity index (χ1) is 11.2. The van der Waals surface area contributed by atoms with Gasteiger partial charge in [0, 0.05) is 0 Å². The van der Waals surface area contributed by atoms with Gasteiger partial charge in [0.25, 0.3) is 0 Å². The van der Waals surface area contributed by atoms with Crippen molar-refractivity contribution < 1.29 is 12.6 Å². The number of rotatable bonds is 12. The van der Waals surface area contributed by atoms with Crippen LogP contribution in [0.25, 0.3) is 0 Å². The quantitative estimate of drug-likeness (QED) is 0.262. The molecule has 0 aliphatic rings. The molecule has 0 bridgehead atoms. The number of hydrogen-bond donors (Lipinski definition) is 0. The molecule has 0 aliphatic carbocycles. The van der Waals surface area contributed by atoms with Crippen LogP contribution in [-0.2, 0) is 19.3 Å². The second kappa shape index (κ2) is 9.80. The van der Waals surface area contributed by atoms with Gasteiger partial charge in [0.05, 0.1) is 0 Å². The maximum atomic E-state index is 13.1. The molecule has 1 aromatic carbocycles. The van der Waals surface area contributed by atoms with Crippen molar-refractivity contribution >= 4 is 7.54 Å². The summed E-state index contributed by atoms with van der Waals surface area (Å²) in [5, 5.41) is 0. The molecule has 140 valence electrons. The van der Waals surface area contributed by atoms with Gasteiger partial charge in [0.1, 0.15) is 0 Å². The third-order valence-corrected chi connectivity index (χ3v) is 5.62. The van der Waals surface area contributed by atoms with Gasteiger partial charge in [-0.3, -0.25) is 0 Å². The number of benzene rings is 1. The molecule has 0 fully saturated rings. The number of hydrogen-bond acceptors (Lipinski definition) is 0. The third-order valence-electron chi connectivity index (χ3n) is 4.35. The molecule has 0 unspecified atom stereocenters. The Morgan fingerprint density at radius 2 is 1.04 bits per heavy atom. The predicted molar refractivity (Wildman–Crippen MR) is 102 cm³/mol. The van der Waals surface area contributed by atoms with Crippen molar-refractivity contribution in [2.24, 2.45) is 0 Å². The Hall–Kier alpha value is -0.560. The molecule has 0 saturated carbocycles. The topological polar surface area (TPSA) is 0 Å². The molecule has 0 radical (unpaired) electrons. The van der Waals surface area contributed by atoms with Gasteiger partial charge < -0.3 is 0 Å². The Balaban J connectivity index is 2.72. The standard InChI is InChI=1S/C20H34F3P/c1-4-6-8-11-18-15-19(12-9-7-5-2)17-20(16-18)13-10-14-24(3,21,22)23/h15-17H,4-14H2,1-3H3. The molecule has 0 aromatic heterocycles. The Morgan fingerprint density at radius 1 is 0.667 bits per heavy atom. The molecular weight excluding hydrogens is 328 g/mol. The second-order valence-electron chi connectivity index (χ2n) is 7.27. The van der Waals surface area contributed by atoms with Gasteiger partial charge in [-0.05, 0) is 0 Å². The van der Waals surface area contributed by atoms with E-state index in [9.17, 15) is 12.6 Å². The van der Waals surface area contributed by atoms with Crippen LogP contribution in [0.1, 0.15) is 75.5 Å². The summed E-state index contributed by atoms with van der Waals surface area (Å²) in [5.41, 5.74) is 3.71. The fourth-order valence-corrected chi connectivity index (χ4v) is 3.88. The SMILES string of the molecule is CCCCCc1cc(CCCCC)cc(CCCP(C)(F)(F)F)c1. The Kier molecular flexibility index (Phi) is 8.77. The minimum absolute atomic E-state index is 0.227. The van der Waals surface area contributed by atoms with Crippen molar-refractivity contribution in [2.45, 2.75) is 78.1 Å². The monoisotopic (exact) mass is 362 g/mol. The first-order valence-corrected chi connectivity index (χ1v) is 12.0. The van der Waals surface area contributed by atoms with E-state index in [4.69, 9.17) is 0 Å². The summed E-state index contributed by atoms with van der Waals surface area (Å²) in [6.07, 6.45) is 9.42. The van der Waals surface area contributed by atoms with Gasteiger partial charge in [-0.1, -0.05) is 0 Å². The third kappa shape index (κ3) is 10.3. The van der Waals surface area contributed by atoms with Crippen molar-refractivity contribution in [3.8, 4) is 0 Å². The molecule has 0 aliphatic heterocycles. The normalized spacial score (nSPS) is 13.7. The molecule has 4 heteroatoms. The van der Waals surface area contributed by atoms with Crippen LogP contribution >= 0.6 is 7.54 Å². The van der Waals surface area contributed by atoms with E-state index in [1.165, 1.54) is 49.7 Å². The molecule has 0 spiro atoms. The molecule has 24 heavy (non-hydrogen) atoms. The average Bonchev–Trinajstić information content (AvgIpc) is 2.46. The van der Waals surface area contributed by atoms with Crippen LogP contribution in [0.15, 0.2) is 18.2 Å². The van der Waals surface area contributed by atoms with Gasteiger partial charge in [0.2, 0.25) is 0 Å². The summed E-state index contributed by atoms with van der Waals surface area (Å²) >= 11 is 0. The van der Waals surface area contributed by atoms with E-state index in [1.807, 2.05) is 0 Å². The van der Waals surface area contributed by atoms with E-state index in [2.05, 4.69) is 32.0 Å². The number of unbranched alkanes of at least 4 members (excludes halogenated alkanes) is 4. The van der Waals surface area contributed by atoms with E-state index in [0.717, 1.165) is 18.4 Å². The summed E-state index contributed by atoms with van der Waals surface area (Å²) in [4.78, 5) is 0. The summed E-state index contributed by atoms with van der Waals surface area (Å²) in [5.74, 6) is 0. The van der Waals surface area contributed by atoms with Crippen molar-refractivity contribution in [1.82, 2.24) is 0 Å². The van der Waals surface area contributed by atoms with Gasteiger partial charge in [0.15, 0.2) is 0 Å². The molecule has 0 saturated heterocycles. The van der Waals surface area contributed by atoms with E-state index < -0.39 is 13.7 Å². The molecule has 1 aromatic rings. The van der Waals surface area contributed by atoms with E-state index >= 15 is 0 Å². The maximum absolute atomic E-state index is 13.1. The van der Waals surface area contributed by atoms with Crippen LogP contribution in [0, 0.1) is 0 Å². The van der Waals surface area contributed by atoms with E-state index in [-0.39, 0.29) is 6.42 Å². The van der Waals surface area contributed by atoms with Crippen molar-refractivity contribution in [3.63, 3.8) is 0 Å². The summed E-state index contributed by atoms with van der Waals surface area (Å²) in [6, 6.07) is 6.55.